The van der Waals surface area contributed by atoms with E-state index in [2.05, 4.69) is 146 Å². The van der Waals surface area contributed by atoms with E-state index in [1.54, 1.807) is 12.0 Å². The highest BCUT2D eigenvalue weighted by molar-refractivity contribution is 14.1. The number of carbonyl (C=O) groups is 2. The number of benzene rings is 4. The van der Waals surface area contributed by atoms with Crippen LogP contribution in [-0.4, -0.2) is 80.6 Å². The molecule has 10 heteroatoms. The van der Waals surface area contributed by atoms with Gasteiger partial charge in [-0.15, -0.1) is 0 Å². The van der Waals surface area contributed by atoms with E-state index in [4.69, 9.17) is 13.9 Å². The quantitative estimate of drug-likeness (QED) is 0.0550. The smallest absolute Gasteiger partial charge is 0.261 e. The highest BCUT2D eigenvalue weighted by atomic mass is 127. The molecule has 0 radical (unpaired) electrons. The zero-order valence-corrected chi connectivity index (χ0v) is 40.7. The van der Waals surface area contributed by atoms with E-state index >= 15 is 0 Å². The number of aromatic hydroxyl groups is 1. The molecular weight excluding hydrogens is 916 g/mol. The number of carbonyl (C=O) groups excluding carboxylic acids is 2. The van der Waals surface area contributed by atoms with Crippen LogP contribution in [0.15, 0.2) is 120 Å². The van der Waals surface area contributed by atoms with Gasteiger partial charge in [0.05, 0.1) is 41.8 Å². The number of hydrogen-bond donors (Lipinski definition) is 1. The van der Waals surface area contributed by atoms with Gasteiger partial charge < -0.3 is 19.0 Å². The third-order valence-electron chi connectivity index (χ3n) is 14.0. The molecule has 0 aromatic heterocycles. The number of phenols is 1. The molecule has 4 atom stereocenters. The lowest BCUT2D eigenvalue weighted by atomic mass is 9.69. The van der Waals surface area contributed by atoms with Gasteiger partial charge >= 0.3 is 0 Å². The number of nitrogens with zero attached hydrogens (tertiary/aromatic N) is 2. The summed E-state index contributed by atoms with van der Waals surface area (Å²) in [4.78, 5) is 33.7. The van der Waals surface area contributed by atoms with E-state index in [-0.39, 0.29) is 40.7 Å². The number of allylic oxidation sites excluding steroid dienone is 1. The van der Waals surface area contributed by atoms with Crippen LogP contribution in [0.25, 0.3) is 6.08 Å². The summed E-state index contributed by atoms with van der Waals surface area (Å²) in [6.07, 6.45) is 7.60. The van der Waals surface area contributed by atoms with Crippen LogP contribution in [0.4, 0.5) is 0 Å². The number of amides is 2. The second-order valence-corrected chi connectivity index (χ2v) is 24.4. The molecule has 1 N–H and O–H groups in total. The Morgan fingerprint density at radius 3 is 2.13 bits per heavy atom. The number of phenolic OH excluding ortho intramolecular Hbond substituents is 1. The maximum atomic E-state index is 14.8. The molecule has 3 saturated heterocycles. The van der Waals surface area contributed by atoms with Gasteiger partial charge in [0.1, 0.15) is 0 Å². The van der Waals surface area contributed by atoms with Crippen LogP contribution >= 0.6 is 22.6 Å². The normalized spacial score (nSPS) is 22.4. The summed E-state index contributed by atoms with van der Waals surface area (Å²) in [7, 11) is -1.35. The minimum atomic E-state index is -2.93. The van der Waals surface area contributed by atoms with Gasteiger partial charge in [0, 0.05) is 31.6 Å². The number of piperidine rings is 1. The van der Waals surface area contributed by atoms with Gasteiger partial charge in [-0.3, -0.25) is 19.4 Å². The van der Waals surface area contributed by atoms with Crippen molar-refractivity contribution in [1.29, 1.82) is 0 Å². The van der Waals surface area contributed by atoms with E-state index in [0.717, 1.165) is 72.9 Å². The van der Waals surface area contributed by atoms with Crippen LogP contribution in [0.5, 0.6) is 11.5 Å². The van der Waals surface area contributed by atoms with E-state index < -0.39 is 20.2 Å². The fourth-order valence-corrected chi connectivity index (χ4v) is 16.3. The first-order chi connectivity index (χ1) is 30.4. The second-order valence-electron chi connectivity index (χ2n) is 19.0. The Balaban J connectivity index is 1.11. The Hall–Kier alpha value is -4.07. The van der Waals surface area contributed by atoms with E-state index in [1.807, 2.05) is 18.2 Å². The first-order valence-corrected chi connectivity index (χ1v) is 25.9. The molecule has 0 spiro atoms. The van der Waals surface area contributed by atoms with E-state index in [9.17, 15) is 14.7 Å². The molecule has 8 rings (SSSR count). The van der Waals surface area contributed by atoms with Gasteiger partial charge in [-0.25, -0.2) is 0 Å². The molecule has 4 aliphatic rings. The topological polar surface area (TPSA) is 88.5 Å². The molecule has 0 bridgehead atoms. The Morgan fingerprint density at radius 2 is 1.52 bits per heavy atom. The molecule has 0 unspecified atom stereocenters. The summed E-state index contributed by atoms with van der Waals surface area (Å²) in [5, 5.41) is 12.7. The number of fused-ring (bicyclic) bond motifs is 3. The van der Waals surface area contributed by atoms with E-state index in [1.165, 1.54) is 27.1 Å². The second kappa shape index (κ2) is 19.6. The monoisotopic (exact) mass is 978 g/mol. The molecular formula is C53H63IN2O6Si. The van der Waals surface area contributed by atoms with Crippen molar-refractivity contribution in [3.05, 3.63) is 135 Å². The van der Waals surface area contributed by atoms with Crippen LogP contribution in [0.2, 0.25) is 5.04 Å². The van der Waals surface area contributed by atoms with Gasteiger partial charge in [0.15, 0.2) is 11.5 Å². The zero-order valence-electron chi connectivity index (χ0n) is 37.5. The van der Waals surface area contributed by atoms with Crippen molar-refractivity contribution in [1.82, 2.24) is 9.80 Å². The molecule has 3 fully saturated rings. The summed E-state index contributed by atoms with van der Waals surface area (Å²) in [6, 6.07) is 35.8. The minimum Gasteiger partial charge on any atom is -0.504 e. The molecule has 8 nitrogen and oxygen atoms in total. The van der Waals surface area contributed by atoms with Gasteiger partial charge in [-0.1, -0.05) is 137 Å². The molecule has 4 aromatic carbocycles. The Labute approximate surface area is 389 Å². The molecule has 1 aliphatic carbocycles. The SMILES string of the molecule is CCC/C(=C\c1cc(I)c(O)c(OC)c1)CC[C@H]1OC[C@H]2C1=C(CO[Si](c1ccccc1)(c1ccccc1)C(C)(C)C)C[C@H]1C(=O)N(C3CCN(Cc4ccccc4)CC3)C(=O)[C@H]12. The largest absolute Gasteiger partial charge is 0.504 e. The number of likely N-dealkylation sites (tertiary alicyclic amines) is 2. The van der Waals surface area contributed by atoms with Gasteiger partial charge in [-0.05, 0) is 111 Å². The number of hydrogen-bond acceptors (Lipinski definition) is 7. The van der Waals surface area contributed by atoms with Crippen molar-refractivity contribution in [3.63, 3.8) is 0 Å². The third kappa shape index (κ3) is 9.25. The number of ether oxygens (including phenoxy) is 2. The van der Waals surface area contributed by atoms with Crippen LogP contribution in [-0.2, 0) is 25.3 Å². The maximum Gasteiger partial charge on any atom is 0.261 e. The summed E-state index contributed by atoms with van der Waals surface area (Å²) in [5.41, 5.74) is 5.89. The lowest BCUT2D eigenvalue weighted by Gasteiger charge is -2.44. The fourth-order valence-electron chi connectivity index (χ4n) is 11.1. The van der Waals surface area contributed by atoms with Crippen molar-refractivity contribution in [2.45, 2.75) is 96.4 Å². The van der Waals surface area contributed by atoms with Crippen molar-refractivity contribution in [2.75, 3.05) is 33.4 Å². The first kappa shape index (κ1) is 45.5. The number of rotatable bonds is 15. The Kier molecular flexibility index (Phi) is 14.1. The molecule has 63 heavy (non-hydrogen) atoms. The summed E-state index contributed by atoms with van der Waals surface area (Å²) >= 11 is 2.15. The number of imide groups is 1. The fraction of sp³-hybridized carbons (Fsp3) is 0.434. The average Bonchev–Trinajstić information content (AvgIpc) is 3.82. The van der Waals surface area contributed by atoms with Crippen LogP contribution < -0.4 is 15.1 Å². The maximum absolute atomic E-state index is 14.8. The van der Waals surface area contributed by atoms with Crippen molar-refractivity contribution in [2.24, 2.45) is 17.8 Å². The van der Waals surface area contributed by atoms with Gasteiger partial charge in [0.2, 0.25) is 11.8 Å². The lowest BCUT2D eigenvalue weighted by Crippen LogP contribution is -2.66. The van der Waals surface area contributed by atoms with Crippen LogP contribution in [0.3, 0.4) is 0 Å². The Bertz CT molecular complexity index is 2260. The number of halogens is 1. The van der Waals surface area contributed by atoms with Crippen molar-refractivity contribution in [3.8, 4) is 11.5 Å². The molecule has 2 amide bonds. The summed E-state index contributed by atoms with van der Waals surface area (Å²) < 4.78 is 20.7. The highest BCUT2D eigenvalue weighted by Crippen LogP contribution is 2.51. The van der Waals surface area contributed by atoms with Gasteiger partial charge in [0.25, 0.3) is 8.32 Å². The molecule has 3 heterocycles. The number of methoxy groups -OCH3 is 1. The van der Waals surface area contributed by atoms with E-state index in [0.29, 0.717) is 25.4 Å². The summed E-state index contributed by atoms with van der Waals surface area (Å²) in [5.74, 6) is -0.421. The Morgan fingerprint density at radius 1 is 0.889 bits per heavy atom. The molecule has 4 aromatic rings. The molecule has 332 valence electrons. The molecule has 0 saturated carbocycles. The standard InChI is InChI=1S/C53H63IN2O6Si/c1-6-16-36(29-38-30-45(54)50(57)47(31-38)60-5)23-24-46-48-39(34-62-63(53(2,3)4,41-19-12-8-13-20-41)42-21-14-9-15-22-42)32-43-49(44(48)35-61-46)52(59)56(51(43)58)40-25-27-55(28-26-40)33-37-17-10-7-11-18-37/h7-15,17-22,29-31,40,43-44,46,49,57H,6,16,23-28,32-35H2,1-5H3/b36-29+/t43-,44+,46-,49-/m1/s1. The van der Waals surface area contributed by atoms with Crippen molar-refractivity contribution < 1.29 is 28.6 Å². The van der Waals surface area contributed by atoms with Gasteiger partial charge in [-0.2, -0.15) is 0 Å². The van der Waals surface area contributed by atoms with Crippen LogP contribution in [0.1, 0.15) is 83.8 Å². The third-order valence-corrected chi connectivity index (χ3v) is 19.8. The highest BCUT2D eigenvalue weighted by Gasteiger charge is 2.59. The van der Waals surface area contributed by atoms with Crippen LogP contribution in [0, 0.1) is 21.3 Å². The minimum absolute atomic E-state index is 0.00680. The predicted octanol–water partition coefficient (Wildman–Crippen LogP) is 9.53. The predicted molar refractivity (Wildman–Crippen MR) is 262 cm³/mol. The summed E-state index contributed by atoms with van der Waals surface area (Å²) in [6.45, 7) is 12.5. The first-order valence-electron chi connectivity index (χ1n) is 22.9. The lowest BCUT2D eigenvalue weighted by molar-refractivity contribution is -0.144. The average molecular weight is 979 g/mol. The zero-order chi connectivity index (χ0) is 44.3. The van der Waals surface area contributed by atoms with Crippen molar-refractivity contribution >= 4 is 59.2 Å². The molecule has 3 aliphatic heterocycles.